The molecule has 2 heterocycles. The van der Waals surface area contributed by atoms with Crippen LogP contribution >= 0.6 is 0 Å². The van der Waals surface area contributed by atoms with Crippen molar-refractivity contribution in [3.63, 3.8) is 0 Å². The fraction of sp³-hybridized carbons (Fsp3) is 0.654. The summed E-state index contributed by atoms with van der Waals surface area (Å²) in [5, 5.41) is 6.33. The summed E-state index contributed by atoms with van der Waals surface area (Å²) in [7, 11) is 0. The van der Waals surface area contributed by atoms with E-state index in [0.717, 1.165) is 18.4 Å². The second-order valence-corrected chi connectivity index (χ2v) is 11.1. The molecule has 3 fully saturated rings. The molecule has 5 rings (SSSR count). The van der Waals surface area contributed by atoms with Crippen LogP contribution in [0.1, 0.15) is 64.4 Å². The molecule has 4 N–H and O–H groups in total. The van der Waals surface area contributed by atoms with Crippen molar-refractivity contribution >= 4 is 17.6 Å². The molecule has 3 saturated carbocycles. The minimum atomic E-state index is 0.0632. The molecule has 1 aliphatic heterocycles. The van der Waals surface area contributed by atoms with Gasteiger partial charge in [-0.3, -0.25) is 9.59 Å². The smallest absolute Gasteiger partial charge is 0.243 e. The Kier molecular flexibility index (Phi) is 5.30. The van der Waals surface area contributed by atoms with E-state index in [2.05, 4.69) is 35.5 Å². The number of anilines is 1. The largest absolute Gasteiger partial charge is 0.384 e. The molecule has 4 aliphatic rings. The van der Waals surface area contributed by atoms with Crippen LogP contribution in [0.25, 0.3) is 0 Å². The number of nitrogens with two attached hydrogens (primary N) is 1. The first-order valence-electron chi connectivity index (χ1n) is 12.3. The van der Waals surface area contributed by atoms with Crippen molar-refractivity contribution in [2.75, 3.05) is 5.73 Å². The first-order valence-corrected chi connectivity index (χ1v) is 12.3. The maximum absolute atomic E-state index is 12.8. The zero-order valence-corrected chi connectivity index (χ0v) is 19.3. The summed E-state index contributed by atoms with van der Waals surface area (Å²) in [4.78, 5) is 28.8. The normalized spacial score (nSPS) is 40.1. The molecule has 1 aromatic heterocycles. The van der Waals surface area contributed by atoms with Crippen molar-refractivity contribution in [1.82, 2.24) is 15.6 Å². The molecule has 3 aliphatic carbocycles. The second kappa shape index (κ2) is 7.89. The van der Waals surface area contributed by atoms with E-state index in [1.165, 1.54) is 25.7 Å². The lowest BCUT2D eigenvalue weighted by atomic mass is 9.48. The van der Waals surface area contributed by atoms with E-state index in [1.807, 2.05) is 6.07 Å². The maximum atomic E-state index is 12.8. The van der Waals surface area contributed by atoms with E-state index < -0.39 is 0 Å². The molecule has 7 atom stereocenters. The zero-order chi connectivity index (χ0) is 22.5. The highest BCUT2D eigenvalue weighted by Gasteiger charge is 2.59. The first-order chi connectivity index (χ1) is 15.3. The molecular formula is C26H36N4O2. The predicted octanol–water partition coefficient (Wildman–Crippen LogP) is 3.58. The van der Waals surface area contributed by atoms with E-state index in [0.29, 0.717) is 42.5 Å². The van der Waals surface area contributed by atoms with Gasteiger partial charge in [-0.1, -0.05) is 26.0 Å². The van der Waals surface area contributed by atoms with Crippen LogP contribution in [0.3, 0.4) is 0 Å². The Hall–Kier alpha value is -2.37. The number of carbonyl (C=O) groups excluding carboxylic acids is 2. The van der Waals surface area contributed by atoms with Crippen LogP contribution in [-0.4, -0.2) is 22.8 Å². The highest BCUT2D eigenvalue weighted by atomic mass is 16.2. The van der Waals surface area contributed by atoms with Crippen molar-refractivity contribution in [3.05, 3.63) is 36.0 Å². The predicted molar refractivity (Wildman–Crippen MR) is 124 cm³/mol. The molecular weight excluding hydrogens is 400 g/mol. The number of amides is 2. The molecule has 32 heavy (non-hydrogen) atoms. The minimum Gasteiger partial charge on any atom is -0.384 e. The molecule has 0 bridgehead atoms. The third-order valence-corrected chi connectivity index (χ3v) is 9.65. The second-order valence-electron chi connectivity index (χ2n) is 11.1. The summed E-state index contributed by atoms with van der Waals surface area (Å²) in [5.74, 6) is 3.16. The Bertz CT molecular complexity index is 928. The molecule has 0 unspecified atom stereocenters. The molecule has 172 valence electrons. The number of nitrogen functional groups attached to an aromatic ring is 1. The average molecular weight is 437 g/mol. The van der Waals surface area contributed by atoms with Crippen molar-refractivity contribution in [2.45, 2.75) is 71.4 Å². The molecule has 0 aromatic carbocycles. The molecule has 1 aromatic rings. The number of fused-ring (bicyclic) bond motifs is 5. The number of aromatic nitrogens is 1. The zero-order valence-electron chi connectivity index (χ0n) is 19.3. The van der Waals surface area contributed by atoms with Gasteiger partial charge in [0.2, 0.25) is 11.8 Å². The fourth-order valence-electron chi connectivity index (χ4n) is 7.81. The van der Waals surface area contributed by atoms with Crippen LogP contribution in [0.15, 0.2) is 30.5 Å². The van der Waals surface area contributed by atoms with Crippen LogP contribution in [0.4, 0.5) is 5.82 Å². The molecule has 6 nitrogen and oxygen atoms in total. The fourth-order valence-corrected chi connectivity index (χ4v) is 7.81. The Labute approximate surface area is 190 Å². The van der Waals surface area contributed by atoms with Gasteiger partial charge < -0.3 is 16.4 Å². The van der Waals surface area contributed by atoms with Gasteiger partial charge in [0.25, 0.3) is 0 Å². The number of hydrogen-bond donors (Lipinski definition) is 3. The molecule has 2 amide bonds. The number of rotatable bonds is 4. The quantitative estimate of drug-likeness (QED) is 0.672. The Morgan fingerprint density at radius 1 is 1.19 bits per heavy atom. The van der Waals surface area contributed by atoms with Gasteiger partial charge in [-0.25, -0.2) is 4.98 Å². The van der Waals surface area contributed by atoms with Gasteiger partial charge in [-0.2, -0.15) is 0 Å². The first kappa shape index (κ1) is 21.5. The summed E-state index contributed by atoms with van der Waals surface area (Å²) >= 11 is 0. The minimum absolute atomic E-state index is 0.0632. The highest BCUT2D eigenvalue weighted by Crippen LogP contribution is 2.65. The number of nitrogens with zero attached hydrogens (tertiary/aromatic N) is 1. The van der Waals surface area contributed by atoms with E-state index in [9.17, 15) is 9.59 Å². The summed E-state index contributed by atoms with van der Waals surface area (Å²) in [6.45, 7) is 5.32. The van der Waals surface area contributed by atoms with Crippen LogP contribution in [-0.2, 0) is 16.1 Å². The summed E-state index contributed by atoms with van der Waals surface area (Å²) < 4.78 is 0. The van der Waals surface area contributed by atoms with Crippen LogP contribution in [0.5, 0.6) is 0 Å². The Morgan fingerprint density at radius 3 is 2.81 bits per heavy atom. The third kappa shape index (κ3) is 3.52. The van der Waals surface area contributed by atoms with Gasteiger partial charge in [-0.15, -0.1) is 0 Å². The number of pyridine rings is 1. The van der Waals surface area contributed by atoms with Crippen molar-refractivity contribution in [3.8, 4) is 0 Å². The van der Waals surface area contributed by atoms with Crippen LogP contribution in [0, 0.1) is 34.5 Å². The van der Waals surface area contributed by atoms with Crippen molar-refractivity contribution < 1.29 is 9.59 Å². The van der Waals surface area contributed by atoms with Gasteiger partial charge in [0, 0.05) is 30.6 Å². The lowest BCUT2D eigenvalue weighted by Crippen LogP contribution is -2.59. The highest BCUT2D eigenvalue weighted by molar-refractivity contribution is 5.89. The van der Waals surface area contributed by atoms with E-state index in [4.69, 9.17) is 5.73 Å². The number of nitrogens with one attached hydrogen (secondary N) is 2. The summed E-state index contributed by atoms with van der Waals surface area (Å²) in [6.07, 6.45) is 13.3. The third-order valence-electron chi connectivity index (χ3n) is 9.65. The molecule has 0 radical (unpaired) electrons. The SMILES string of the molecule is C[C@]12C=CC(=O)N[C@@H]1CC[C@@H]1[C@@H]2CC[C@]2(C)[C@@H](CC(=O)NCc3ccc(N)nc3)CC[C@@H]12. The molecule has 0 spiro atoms. The van der Waals surface area contributed by atoms with Gasteiger partial charge in [0.15, 0.2) is 0 Å². The van der Waals surface area contributed by atoms with Gasteiger partial charge in [0.1, 0.15) is 5.82 Å². The van der Waals surface area contributed by atoms with Crippen molar-refractivity contribution in [2.24, 2.45) is 34.5 Å². The molecule has 6 heteroatoms. The summed E-state index contributed by atoms with van der Waals surface area (Å²) in [6, 6.07) is 3.96. The number of hydrogen-bond acceptors (Lipinski definition) is 4. The van der Waals surface area contributed by atoms with Crippen LogP contribution in [0.2, 0.25) is 0 Å². The van der Waals surface area contributed by atoms with Gasteiger partial charge in [-0.05, 0) is 85.3 Å². The van der Waals surface area contributed by atoms with Gasteiger partial charge in [0.05, 0.1) is 0 Å². The standard InChI is InChI=1S/C26H36N4O2/c1-25-11-9-20-18(5-7-21-26(20,2)12-10-23(31)30-21)19(25)6-4-17(25)13-24(32)29-15-16-3-8-22(27)28-14-16/h3,8,10,12,14,17-21H,4-7,9,11,13,15H2,1-2H3,(H2,27,28)(H,29,32)(H,30,31)/t17-,18+,19+,20+,21-,25-,26-/m1/s1. The average Bonchev–Trinajstić information content (AvgIpc) is 3.10. The number of carbonyl (C=O) groups is 2. The van der Waals surface area contributed by atoms with E-state index >= 15 is 0 Å². The topological polar surface area (TPSA) is 97.1 Å². The summed E-state index contributed by atoms with van der Waals surface area (Å²) in [5.41, 5.74) is 6.93. The Morgan fingerprint density at radius 2 is 2.03 bits per heavy atom. The Balaban J connectivity index is 1.25. The maximum Gasteiger partial charge on any atom is 0.243 e. The van der Waals surface area contributed by atoms with E-state index in [1.54, 1.807) is 18.3 Å². The van der Waals surface area contributed by atoms with Gasteiger partial charge >= 0.3 is 0 Å². The van der Waals surface area contributed by atoms with E-state index in [-0.39, 0.29) is 28.7 Å². The lowest BCUT2D eigenvalue weighted by molar-refractivity contribution is -0.125. The monoisotopic (exact) mass is 436 g/mol. The van der Waals surface area contributed by atoms with Crippen molar-refractivity contribution in [1.29, 1.82) is 0 Å². The lowest BCUT2D eigenvalue weighted by Gasteiger charge is -2.59. The van der Waals surface area contributed by atoms with Crippen LogP contribution < -0.4 is 16.4 Å². The molecule has 0 saturated heterocycles.